The van der Waals surface area contributed by atoms with E-state index in [0.717, 1.165) is 5.56 Å². The molecule has 0 fully saturated rings. The van der Waals surface area contributed by atoms with Crippen LogP contribution in [0.15, 0.2) is 34.9 Å². The summed E-state index contributed by atoms with van der Waals surface area (Å²) in [5, 5.41) is 6.62. The molecule has 0 aliphatic heterocycles. The number of nitrogens with one attached hydrogen (secondary N) is 1. The Morgan fingerprint density at radius 1 is 1.30 bits per heavy atom. The second-order valence-corrected chi connectivity index (χ2v) is 6.42. The summed E-state index contributed by atoms with van der Waals surface area (Å²) in [6, 6.07) is 9.73. The maximum atomic E-state index is 12.0. The first-order valence-electron chi connectivity index (χ1n) is 7.62. The van der Waals surface area contributed by atoms with Gasteiger partial charge in [0.15, 0.2) is 5.82 Å². The SMILES string of the molecule is CC(OCc1ccccc1)C(=O)NCc1noc(C(C)(C)C)n1. The molecule has 6 heteroatoms. The van der Waals surface area contributed by atoms with Crippen molar-refractivity contribution in [3.05, 3.63) is 47.6 Å². The van der Waals surface area contributed by atoms with Gasteiger partial charge >= 0.3 is 0 Å². The van der Waals surface area contributed by atoms with Crippen LogP contribution in [-0.2, 0) is 28.1 Å². The van der Waals surface area contributed by atoms with Gasteiger partial charge in [-0.15, -0.1) is 0 Å². The molecule has 1 aromatic carbocycles. The van der Waals surface area contributed by atoms with Crippen molar-refractivity contribution in [2.45, 2.75) is 52.4 Å². The predicted molar refractivity (Wildman–Crippen MR) is 85.5 cm³/mol. The Hall–Kier alpha value is -2.21. The fourth-order valence-electron chi connectivity index (χ4n) is 1.81. The van der Waals surface area contributed by atoms with E-state index in [1.54, 1.807) is 6.92 Å². The molecule has 2 rings (SSSR count). The van der Waals surface area contributed by atoms with Gasteiger partial charge in [-0.05, 0) is 12.5 Å². The van der Waals surface area contributed by atoms with E-state index in [9.17, 15) is 4.79 Å². The predicted octanol–water partition coefficient (Wildman–Crippen LogP) is 2.59. The van der Waals surface area contributed by atoms with Gasteiger partial charge in [-0.3, -0.25) is 4.79 Å². The largest absolute Gasteiger partial charge is 0.364 e. The van der Waals surface area contributed by atoms with Gasteiger partial charge in [0.05, 0.1) is 13.2 Å². The van der Waals surface area contributed by atoms with E-state index < -0.39 is 6.10 Å². The normalized spacial score (nSPS) is 12.9. The van der Waals surface area contributed by atoms with Crippen LogP contribution < -0.4 is 5.32 Å². The second-order valence-electron chi connectivity index (χ2n) is 6.42. The molecule has 0 saturated heterocycles. The average molecular weight is 317 g/mol. The van der Waals surface area contributed by atoms with Crippen molar-refractivity contribution in [1.29, 1.82) is 0 Å². The molecule has 1 unspecified atom stereocenters. The van der Waals surface area contributed by atoms with E-state index in [1.807, 2.05) is 51.1 Å². The monoisotopic (exact) mass is 317 g/mol. The van der Waals surface area contributed by atoms with E-state index in [4.69, 9.17) is 9.26 Å². The summed E-state index contributed by atoms with van der Waals surface area (Å²) in [6.45, 7) is 8.30. The first-order valence-corrected chi connectivity index (χ1v) is 7.62. The molecular formula is C17H23N3O3. The Morgan fingerprint density at radius 2 is 2.00 bits per heavy atom. The van der Waals surface area contributed by atoms with Crippen LogP contribution in [0.2, 0.25) is 0 Å². The smallest absolute Gasteiger partial charge is 0.249 e. The van der Waals surface area contributed by atoms with Crippen molar-refractivity contribution in [3.8, 4) is 0 Å². The molecule has 1 N–H and O–H groups in total. The zero-order chi connectivity index (χ0) is 16.9. The first kappa shape index (κ1) is 17.1. The van der Waals surface area contributed by atoms with Gasteiger partial charge in [-0.1, -0.05) is 56.3 Å². The quantitative estimate of drug-likeness (QED) is 0.886. The number of amides is 1. The summed E-state index contributed by atoms with van der Waals surface area (Å²) in [6.07, 6.45) is -0.552. The van der Waals surface area contributed by atoms with Crippen molar-refractivity contribution < 1.29 is 14.1 Å². The molecule has 0 spiro atoms. The van der Waals surface area contributed by atoms with Gasteiger partial charge in [0.2, 0.25) is 11.8 Å². The van der Waals surface area contributed by atoms with Crippen LogP contribution in [0, 0.1) is 0 Å². The number of nitrogens with zero attached hydrogens (tertiary/aromatic N) is 2. The Morgan fingerprint density at radius 3 is 2.61 bits per heavy atom. The molecule has 0 aliphatic rings. The van der Waals surface area contributed by atoms with Crippen LogP contribution in [0.3, 0.4) is 0 Å². The molecule has 0 aliphatic carbocycles. The lowest BCUT2D eigenvalue weighted by molar-refractivity contribution is -0.132. The minimum absolute atomic E-state index is 0.206. The number of hydrogen-bond donors (Lipinski definition) is 1. The number of benzene rings is 1. The zero-order valence-electron chi connectivity index (χ0n) is 14.0. The lowest BCUT2D eigenvalue weighted by atomic mass is 9.97. The molecule has 23 heavy (non-hydrogen) atoms. The third-order valence-corrected chi connectivity index (χ3v) is 3.24. The van der Waals surface area contributed by atoms with E-state index in [1.165, 1.54) is 0 Å². The molecule has 1 heterocycles. The molecule has 1 amide bonds. The number of hydrogen-bond acceptors (Lipinski definition) is 5. The highest BCUT2D eigenvalue weighted by atomic mass is 16.5. The van der Waals surface area contributed by atoms with Gasteiger partial charge in [0.25, 0.3) is 0 Å². The number of rotatable bonds is 6. The molecule has 1 atom stereocenters. The van der Waals surface area contributed by atoms with Gasteiger partial charge in [0, 0.05) is 5.41 Å². The fourth-order valence-corrected chi connectivity index (χ4v) is 1.81. The fraction of sp³-hybridized carbons (Fsp3) is 0.471. The van der Waals surface area contributed by atoms with E-state index in [2.05, 4.69) is 15.5 Å². The molecule has 0 bridgehead atoms. The van der Waals surface area contributed by atoms with E-state index >= 15 is 0 Å². The maximum Gasteiger partial charge on any atom is 0.249 e. The minimum Gasteiger partial charge on any atom is -0.364 e. The molecular weight excluding hydrogens is 294 g/mol. The average Bonchev–Trinajstić information content (AvgIpc) is 3.00. The van der Waals surface area contributed by atoms with Crippen LogP contribution in [0.1, 0.15) is 45.0 Å². The Balaban J connectivity index is 1.79. The summed E-state index contributed by atoms with van der Waals surface area (Å²) in [7, 11) is 0. The van der Waals surface area contributed by atoms with Crippen molar-refractivity contribution in [1.82, 2.24) is 15.5 Å². The summed E-state index contributed by atoms with van der Waals surface area (Å²) < 4.78 is 10.7. The highest BCUT2D eigenvalue weighted by Crippen LogP contribution is 2.19. The highest BCUT2D eigenvalue weighted by Gasteiger charge is 2.22. The Kier molecular flexibility index (Phi) is 5.50. The molecule has 0 radical (unpaired) electrons. The van der Waals surface area contributed by atoms with Gasteiger partial charge < -0.3 is 14.6 Å². The zero-order valence-corrected chi connectivity index (χ0v) is 14.0. The topological polar surface area (TPSA) is 77.2 Å². The van der Waals surface area contributed by atoms with Crippen molar-refractivity contribution in [2.24, 2.45) is 0 Å². The summed E-state index contributed by atoms with van der Waals surface area (Å²) in [5.74, 6) is 0.802. The standard InChI is InChI=1S/C17H23N3O3/c1-12(22-11-13-8-6-5-7-9-13)15(21)18-10-14-19-16(23-20-14)17(2,3)4/h5-9,12H,10-11H2,1-4H3,(H,18,21). The third kappa shape index (κ3) is 5.17. The molecule has 124 valence electrons. The summed E-state index contributed by atoms with van der Waals surface area (Å²) >= 11 is 0. The van der Waals surface area contributed by atoms with Crippen molar-refractivity contribution >= 4 is 5.91 Å². The highest BCUT2D eigenvalue weighted by molar-refractivity contribution is 5.80. The number of ether oxygens (including phenoxy) is 1. The minimum atomic E-state index is -0.552. The Bertz CT molecular complexity index is 632. The van der Waals surface area contributed by atoms with Crippen LogP contribution in [0.4, 0.5) is 0 Å². The molecule has 1 aromatic heterocycles. The van der Waals surface area contributed by atoms with E-state index in [0.29, 0.717) is 18.3 Å². The first-order chi connectivity index (χ1) is 10.9. The van der Waals surface area contributed by atoms with Gasteiger partial charge in [-0.2, -0.15) is 4.98 Å². The number of carbonyl (C=O) groups is 1. The number of carbonyl (C=O) groups excluding carboxylic acids is 1. The molecule has 6 nitrogen and oxygen atoms in total. The Labute approximate surface area is 136 Å². The third-order valence-electron chi connectivity index (χ3n) is 3.24. The lowest BCUT2D eigenvalue weighted by Gasteiger charge is -2.12. The van der Waals surface area contributed by atoms with Crippen molar-refractivity contribution in [2.75, 3.05) is 0 Å². The van der Waals surface area contributed by atoms with Crippen LogP contribution in [-0.4, -0.2) is 22.2 Å². The van der Waals surface area contributed by atoms with Gasteiger partial charge in [0.1, 0.15) is 6.10 Å². The summed E-state index contributed by atoms with van der Waals surface area (Å²) in [5.41, 5.74) is 0.821. The van der Waals surface area contributed by atoms with Crippen molar-refractivity contribution in [3.63, 3.8) is 0 Å². The van der Waals surface area contributed by atoms with Crippen LogP contribution in [0.25, 0.3) is 0 Å². The van der Waals surface area contributed by atoms with Gasteiger partial charge in [-0.25, -0.2) is 0 Å². The lowest BCUT2D eigenvalue weighted by Crippen LogP contribution is -2.34. The molecule has 0 saturated carbocycles. The van der Waals surface area contributed by atoms with E-state index in [-0.39, 0.29) is 17.9 Å². The van der Waals surface area contributed by atoms with Crippen LogP contribution in [0.5, 0.6) is 0 Å². The summed E-state index contributed by atoms with van der Waals surface area (Å²) in [4.78, 5) is 16.3. The molecule has 2 aromatic rings. The second kappa shape index (κ2) is 7.37. The maximum absolute atomic E-state index is 12.0. The van der Waals surface area contributed by atoms with Crippen LogP contribution >= 0.6 is 0 Å². The number of aromatic nitrogens is 2.